The highest BCUT2D eigenvalue weighted by Gasteiger charge is 2.46. The van der Waals surface area contributed by atoms with Gasteiger partial charge in [0.1, 0.15) is 6.04 Å². The summed E-state index contributed by atoms with van der Waals surface area (Å²) in [5.41, 5.74) is 0.561. The summed E-state index contributed by atoms with van der Waals surface area (Å²) >= 11 is 0. The van der Waals surface area contributed by atoms with Crippen molar-refractivity contribution < 1.29 is 14.3 Å². The monoisotopic (exact) mass is 275 g/mol. The third kappa shape index (κ3) is 2.55. The van der Waals surface area contributed by atoms with Crippen LogP contribution in [0.5, 0.6) is 0 Å². The van der Waals surface area contributed by atoms with Crippen molar-refractivity contribution in [3.8, 4) is 0 Å². The Morgan fingerprint density at radius 2 is 1.95 bits per heavy atom. The van der Waals surface area contributed by atoms with Gasteiger partial charge in [-0.2, -0.15) is 0 Å². The first-order chi connectivity index (χ1) is 9.64. The lowest BCUT2D eigenvalue weighted by Crippen LogP contribution is -2.53. The van der Waals surface area contributed by atoms with E-state index in [1.807, 2.05) is 37.3 Å². The predicted octanol–water partition coefficient (Wildman–Crippen LogP) is 2.18. The minimum absolute atomic E-state index is 0.0628. The van der Waals surface area contributed by atoms with Gasteiger partial charge < -0.3 is 10.1 Å². The maximum Gasteiger partial charge on any atom is 0.328 e. The highest BCUT2D eigenvalue weighted by atomic mass is 16.5. The number of ether oxygens (including phenoxy) is 1. The fourth-order valence-corrected chi connectivity index (χ4v) is 2.70. The molecule has 1 aromatic rings. The Morgan fingerprint density at radius 1 is 1.30 bits per heavy atom. The summed E-state index contributed by atoms with van der Waals surface area (Å²) in [6.07, 6.45) is 3.24. The van der Waals surface area contributed by atoms with Crippen LogP contribution in [0.25, 0.3) is 0 Å². The normalized spacial score (nSPS) is 17.7. The van der Waals surface area contributed by atoms with Crippen molar-refractivity contribution in [3.63, 3.8) is 0 Å². The van der Waals surface area contributed by atoms with Crippen molar-refractivity contribution in [3.05, 3.63) is 35.9 Å². The van der Waals surface area contributed by atoms with E-state index < -0.39 is 11.5 Å². The van der Waals surface area contributed by atoms with E-state index in [0.717, 1.165) is 24.8 Å². The van der Waals surface area contributed by atoms with E-state index in [0.29, 0.717) is 6.42 Å². The molecular formula is C16H21NO3. The van der Waals surface area contributed by atoms with Crippen molar-refractivity contribution in [1.29, 1.82) is 0 Å². The highest BCUT2D eigenvalue weighted by Crippen LogP contribution is 2.43. The molecule has 0 heterocycles. The fraction of sp³-hybridized carbons (Fsp3) is 0.500. The highest BCUT2D eigenvalue weighted by molar-refractivity contribution is 5.92. The van der Waals surface area contributed by atoms with Gasteiger partial charge in [-0.3, -0.25) is 4.79 Å². The smallest absolute Gasteiger partial charge is 0.328 e. The molecule has 1 atom stereocenters. The second-order valence-electron chi connectivity index (χ2n) is 5.26. The van der Waals surface area contributed by atoms with Gasteiger partial charge in [0.15, 0.2) is 0 Å². The Balaban J connectivity index is 2.16. The minimum Gasteiger partial charge on any atom is -0.467 e. The molecule has 0 radical (unpaired) electrons. The summed E-state index contributed by atoms with van der Waals surface area (Å²) in [5, 5.41) is 2.85. The zero-order chi connectivity index (χ0) is 14.6. The maximum absolute atomic E-state index is 12.6. The molecule has 1 aliphatic carbocycles. The summed E-state index contributed by atoms with van der Waals surface area (Å²) in [5.74, 6) is -0.449. The van der Waals surface area contributed by atoms with Crippen LogP contribution in [-0.4, -0.2) is 25.0 Å². The number of hydrogen-bond donors (Lipinski definition) is 1. The van der Waals surface area contributed by atoms with Gasteiger partial charge in [0.2, 0.25) is 5.91 Å². The van der Waals surface area contributed by atoms with E-state index in [2.05, 4.69) is 5.32 Å². The standard InChI is InChI=1S/C16H21NO3/c1-3-13(14(18)20-2)17-15(19)16(10-7-11-16)12-8-5-4-6-9-12/h4-6,8-9,13H,3,7,10-11H2,1-2H3,(H,17,19). The Bertz CT molecular complexity index is 480. The first-order valence-corrected chi connectivity index (χ1v) is 7.08. The van der Waals surface area contributed by atoms with Crippen LogP contribution in [0.1, 0.15) is 38.2 Å². The minimum atomic E-state index is -0.561. The van der Waals surface area contributed by atoms with Crippen LogP contribution in [-0.2, 0) is 19.7 Å². The van der Waals surface area contributed by atoms with Gasteiger partial charge in [-0.1, -0.05) is 43.7 Å². The van der Waals surface area contributed by atoms with E-state index in [1.54, 1.807) is 0 Å². The first kappa shape index (κ1) is 14.6. The molecule has 1 amide bonds. The largest absolute Gasteiger partial charge is 0.467 e. The van der Waals surface area contributed by atoms with Gasteiger partial charge in [0.25, 0.3) is 0 Å². The van der Waals surface area contributed by atoms with E-state index in [-0.39, 0.29) is 11.9 Å². The Labute approximate surface area is 119 Å². The van der Waals surface area contributed by atoms with E-state index in [9.17, 15) is 9.59 Å². The van der Waals surface area contributed by atoms with Gasteiger partial charge >= 0.3 is 5.97 Å². The molecule has 108 valence electrons. The molecule has 2 rings (SSSR count). The molecule has 1 N–H and O–H groups in total. The molecular weight excluding hydrogens is 254 g/mol. The first-order valence-electron chi connectivity index (χ1n) is 7.08. The molecule has 1 saturated carbocycles. The average molecular weight is 275 g/mol. The topological polar surface area (TPSA) is 55.4 Å². The van der Waals surface area contributed by atoms with Crippen LogP contribution in [0, 0.1) is 0 Å². The molecule has 4 heteroatoms. The van der Waals surface area contributed by atoms with Gasteiger partial charge in [-0.25, -0.2) is 4.79 Å². The summed E-state index contributed by atoms with van der Waals surface area (Å²) in [4.78, 5) is 24.2. The second-order valence-corrected chi connectivity index (χ2v) is 5.26. The van der Waals surface area contributed by atoms with Crippen LogP contribution in [0.2, 0.25) is 0 Å². The van der Waals surface area contributed by atoms with Crippen LogP contribution in [0.15, 0.2) is 30.3 Å². The lowest BCUT2D eigenvalue weighted by molar-refractivity contribution is -0.146. The summed E-state index contributed by atoms with van der Waals surface area (Å²) in [6.45, 7) is 1.86. The maximum atomic E-state index is 12.6. The number of esters is 1. The molecule has 1 aromatic carbocycles. The summed E-state index contributed by atoms with van der Waals surface area (Å²) in [6, 6.07) is 9.24. The number of amides is 1. The number of hydrogen-bond acceptors (Lipinski definition) is 3. The molecule has 20 heavy (non-hydrogen) atoms. The Hall–Kier alpha value is -1.84. The molecule has 1 unspecified atom stereocenters. The fourth-order valence-electron chi connectivity index (χ4n) is 2.70. The van der Waals surface area contributed by atoms with Crippen LogP contribution in [0.4, 0.5) is 0 Å². The van der Waals surface area contributed by atoms with E-state index in [1.165, 1.54) is 7.11 Å². The molecule has 1 aliphatic rings. The van der Waals surface area contributed by atoms with Crippen LogP contribution in [0.3, 0.4) is 0 Å². The van der Waals surface area contributed by atoms with Crippen molar-refractivity contribution in [2.75, 3.05) is 7.11 Å². The quantitative estimate of drug-likeness (QED) is 0.838. The van der Waals surface area contributed by atoms with Gasteiger partial charge in [0.05, 0.1) is 12.5 Å². The van der Waals surface area contributed by atoms with Crippen molar-refractivity contribution >= 4 is 11.9 Å². The van der Waals surface area contributed by atoms with Gasteiger partial charge in [-0.05, 0) is 24.8 Å². The zero-order valence-corrected chi connectivity index (χ0v) is 12.0. The van der Waals surface area contributed by atoms with E-state index >= 15 is 0 Å². The molecule has 0 spiro atoms. The van der Waals surface area contributed by atoms with Crippen molar-refractivity contribution in [1.82, 2.24) is 5.32 Å². The van der Waals surface area contributed by atoms with Crippen LogP contribution >= 0.6 is 0 Å². The molecule has 0 aliphatic heterocycles. The van der Waals surface area contributed by atoms with Crippen molar-refractivity contribution in [2.24, 2.45) is 0 Å². The number of carbonyl (C=O) groups is 2. The number of carbonyl (C=O) groups excluding carboxylic acids is 2. The van der Waals surface area contributed by atoms with E-state index in [4.69, 9.17) is 4.74 Å². The molecule has 0 aromatic heterocycles. The van der Waals surface area contributed by atoms with Gasteiger partial charge in [0, 0.05) is 0 Å². The number of nitrogens with one attached hydrogen (secondary N) is 1. The lowest BCUT2D eigenvalue weighted by atomic mass is 9.63. The number of rotatable bonds is 5. The zero-order valence-electron chi connectivity index (χ0n) is 12.0. The van der Waals surface area contributed by atoms with Gasteiger partial charge in [-0.15, -0.1) is 0 Å². The molecule has 4 nitrogen and oxygen atoms in total. The average Bonchev–Trinajstić information content (AvgIpc) is 2.44. The second kappa shape index (κ2) is 6.07. The van der Waals surface area contributed by atoms with Crippen LogP contribution < -0.4 is 5.32 Å². The number of methoxy groups -OCH3 is 1. The van der Waals surface area contributed by atoms with Crippen molar-refractivity contribution in [2.45, 2.75) is 44.1 Å². The summed E-state index contributed by atoms with van der Waals surface area (Å²) in [7, 11) is 1.34. The molecule has 0 bridgehead atoms. The third-order valence-electron chi connectivity index (χ3n) is 4.17. The predicted molar refractivity (Wildman–Crippen MR) is 76.2 cm³/mol. The Morgan fingerprint density at radius 3 is 2.40 bits per heavy atom. The number of benzene rings is 1. The third-order valence-corrected chi connectivity index (χ3v) is 4.17. The molecule has 1 fully saturated rings. The summed E-state index contributed by atoms with van der Waals surface area (Å²) < 4.78 is 4.72. The Kier molecular flexibility index (Phi) is 4.42. The SMILES string of the molecule is CCC(NC(=O)C1(c2ccccc2)CCC1)C(=O)OC. The lowest BCUT2D eigenvalue weighted by Gasteiger charge is -2.41. The molecule has 0 saturated heterocycles.